The quantitative estimate of drug-likeness (QED) is 0.225. The van der Waals surface area contributed by atoms with E-state index in [0.29, 0.717) is 0 Å². The predicted molar refractivity (Wildman–Crippen MR) is 72.0 cm³/mol. The van der Waals surface area contributed by atoms with E-state index >= 15 is 0 Å². The summed E-state index contributed by atoms with van der Waals surface area (Å²) in [5.74, 6) is -0.558. The zero-order valence-corrected chi connectivity index (χ0v) is 13.4. The van der Waals surface area contributed by atoms with Gasteiger partial charge in [-0.25, -0.2) is 9.36 Å². The smallest absolute Gasteiger partial charge is 0.466 e. The Morgan fingerprint density at radius 1 is 1.37 bits per heavy atom. The minimum Gasteiger partial charge on any atom is -0.466 e. The highest BCUT2D eigenvalue weighted by atomic mass is 35.5. The molecule has 0 aliphatic carbocycles. The summed E-state index contributed by atoms with van der Waals surface area (Å²) in [7, 11) is -2.59. The van der Waals surface area contributed by atoms with Crippen LogP contribution in [-0.4, -0.2) is 31.2 Å². The molecule has 0 aromatic rings. The molecule has 19 heavy (non-hydrogen) atoms. The average Bonchev–Trinajstić information content (AvgIpc) is 2.24. The second-order valence-electron chi connectivity index (χ2n) is 4.05. The topological polar surface area (TPSA) is 71.1 Å². The van der Waals surface area contributed by atoms with Crippen molar-refractivity contribution in [2.75, 3.05) is 13.7 Å². The summed E-state index contributed by atoms with van der Waals surface area (Å²) in [6, 6.07) is 0. The fourth-order valence-corrected chi connectivity index (χ4v) is 2.59. The molecule has 0 spiro atoms. The Balaban J connectivity index is 4.80. The predicted octanol–water partition coefficient (Wildman–Crippen LogP) is 3.26. The molecule has 0 radical (unpaired) electrons. The monoisotopic (exact) mass is 314 g/mol. The third-order valence-electron chi connectivity index (χ3n) is 1.58. The first kappa shape index (κ1) is 18.4. The van der Waals surface area contributed by atoms with E-state index in [9.17, 15) is 9.36 Å². The molecule has 0 aromatic carbocycles. The van der Waals surface area contributed by atoms with Crippen molar-refractivity contribution in [3.05, 3.63) is 11.8 Å². The summed E-state index contributed by atoms with van der Waals surface area (Å²) in [6.45, 7) is 6.49. The maximum atomic E-state index is 12.3. The van der Waals surface area contributed by atoms with E-state index < -0.39 is 13.8 Å². The number of halogens is 1. The molecule has 6 nitrogen and oxygen atoms in total. The maximum Gasteiger partial charge on any atom is 0.530 e. The summed E-state index contributed by atoms with van der Waals surface area (Å²) < 4.78 is 32.0. The molecule has 0 saturated carbocycles. The number of hydrogen-bond donors (Lipinski definition) is 0. The Labute approximate surface area is 118 Å². The second kappa shape index (κ2) is 8.59. The number of allylic oxidation sites excluding steroid dienone is 1. The van der Waals surface area contributed by atoms with Crippen LogP contribution in [-0.2, 0) is 27.7 Å². The lowest BCUT2D eigenvalue weighted by atomic mass is 10.5. The van der Waals surface area contributed by atoms with Crippen LogP contribution < -0.4 is 0 Å². The summed E-state index contributed by atoms with van der Waals surface area (Å²) in [5, 5.41) is -0.349. The van der Waals surface area contributed by atoms with Gasteiger partial charge in [-0.2, -0.15) is 0 Å². The fraction of sp³-hybridized carbons (Fsp3) is 0.727. The number of ether oxygens (including phenoxy) is 1. The number of methoxy groups -OCH3 is 1. The Morgan fingerprint density at radius 3 is 2.37 bits per heavy atom. The van der Waals surface area contributed by atoms with E-state index in [1.807, 2.05) is 0 Å². The normalized spacial score (nSPS) is 16.9. The highest BCUT2D eigenvalue weighted by Crippen LogP contribution is 2.52. The van der Waals surface area contributed by atoms with Gasteiger partial charge in [-0.15, -0.1) is 11.6 Å². The van der Waals surface area contributed by atoms with Gasteiger partial charge in [0.1, 0.15) is 5.76 Å². The van der Waals surface area contributed by atoms with Gasteiger partial charge in [-0.3, -0.25) is 9.05 Å². The van der Waals surface area contributed by atoms with Crippen molar-refractivity contribution in [1.29, 1.82) is 0 Å². The van der Waals surface area contributed by atoms with Crippen LogP contribution >= 0.6 is 19.4 Å². The minimum atomic E-state index is -3.81. The zero-order valence-electron chi connectivity index (χ0n) is 11.7. The molecule has 0 aliphatic rings. The van der Waals surface area contributed by atoms with E-state index in [-0.39, 0.29) is 23.8 Å². The molecular formula is C11H20ClO6P. The van der Waals surface area contributed by atoms with Gasteiger partial charge >= 0.3 is 13.8 Å². The molecule has 112 valence electrons. The maximum absolute atomic E-state index is 12.3. The van der Waals surface area contributed by atoms with Gasteiger partial charge < -0.3 is 9.26 Å². The lowest BCUT2D eigenvalue weighted by Gasteiger charge is -2.21. The second-order valence-corrected chi connectivity index (χ2v) is 6.34. The third kappa shape index (κ3) is 9.05. The van der Waals surface area contributed by atoms with E-state index in [1.54, 1.807) is 20.8 Å². The van der Waals surface area contributed by atoms with Crippen molar-refractivity contribution >= 4 is 25.4 Å². The number of carbonyl (C=O) groups excluding carboxylic acids is 1. The molecule has 0 aliphatic heterocycles. The standard InChI is InChI=1S/C11H20ClO6P/c1-8(2)17-19(14,16-7-9(3)12)18-10(4)6-11(13)15-5/h6,8-9H,7H2,1-5H3/b10-6-. The van der Waals surface area contributed by atoms with Crippen LogP contribution in [0.2, 0.25) is 0 Å². The third-order valence-corrected chi connectivity index (χ3v) is 3.36. The van der Waals surface area contributed by atoms with Crippen molar-refractivity contribution in [3.63, 3.8) is 0 Å². The molecule has 0 heterocycles. The van der Waals surface area contributed by atoms with E-state index in [4.69, 9.17) is 25.2 Å². The lowest BCUT2D eigenvalue weighted by molar-refractivity contribution is -0.135. The van der Waals surface area contributed by atoms with Gasteiger partial charge in [-0.05, 0) is 27.7 Å². The number of hydrogen-bond acceptors (Lipinski definition) is 6. The van der Waals surface area contributed by atoms with Crippen molar-refractivity contribution in [2.24, 2.45) is 0 Å². The van der Waals surface area contributed by atoms with E-state index in [0.717, 1.165) is 6.08 Å². The Hall–Kier alpha value is -0.550. The van der Waals surface area contributed by atoms with Crippen LogP contribution in [0.3, 0.4) is 0 Å². The van der Waals surface area contributed by atoms with Crippen molar-refractivity contribution in [1.82, 2.24) is 0 Å². The molecule has 0 aromatic heterocycles. The van der Waals surface area contributed by atoms with Crippen LogP contribution in [0.4, 0.5) is 0 Å². The van der Waals surface area contributed by atoms with Gasteiger partial charge in [0.25, 0.3) is 0 Å². The molecule has 0 fully saturated rings. The van der Waals surface area contributed by atoms with Crippen LogP contribution in [0.1, 0.15) is 27.7 Å². The lowest BCUT2D eigenvalue weighted by Crippen LogP contribution is -2.10. The average molecular weight is 315 g/mol. The molecule has 0 rings (SSSR count). The first-order chi connectivity index (χ1) is 8.68. The van der Waals surface area contributed by atoms with Gasteiger partial charge in [0.05, 0.1) is 31.3 Å². The molecule has 0 amide bonds. The Morgan fingerprint density at radius 2 is 1.95 bits per heavy atom. The molecular weight excluding hydrogens is 295 g/mol. The zero-order chi connectivity index (χ0) is 15.1. The number of esters is 1. The number of phosphoric ester groups is 1. The summed E-state index contributed by atoms with van der Waals surface area (Å²) in [4.78, 5) is 11.0. The van der Waals surface area contributed by atoms with Gasteiger partial charge in [-0.1, -0.05) is 0 Å². The van der Waals surface area contributed by atoms with E-state index in [2.05, 4.69) is 4.74 Å². The Bertz CT molecular complexity index is 366. The van der Waals surface area contributed by atoms with Crippen LogP contribution in [0, 0.1) is 0 Å². The highest BCUT2D eigenvalue weighted by Gasteiger charge is 2.30. The number of carbonyl (C=O) groups is 1. The minimum absolute atomic E-state index is 0.00292. The fourth-order valence-electron chi connectivity index (χ4n) is 0.958. The molecule has 2 atom stereocenters. The van der Waals surface area contributed by atoms with Gasteiger partial charge in [0.15, 0.2) is 0 Å². The van der Waals surface area contributed by atoms with Crippen LogP contribution in [0.25, 0.3) is 0 Å². The number of phosphoric acid groups is 1. The van der Waals surface area contributed by atoms with Crippen molar-refractivity contribution < 1.29 is 27.7 Å². The number of rotatable bonds is 8. The van der Waals surface area contributed by atoms with Gasteiger partial charge in [0.2, 0.25) is 0 Å². The SMILES string of the molecule is COC(=O)/C=C(/C)OP(=O)(OCC(C)Cl)OC(C)C. The molecule has 0 N–H and O–H groups in total. The first-order valence-corrected chi connectivity index (χ1v) is 7.61. The number of alkyl halides is 1. The van der Waals surface area contributed by atoms with Gasteiger partial charge in [0, 0.05) is 0 Å². The Kier molecular flexibility index (Phi) is 8.34. The summed E-state index contributed by atoms with van der Waals surface area (Å²) >= 11 is 5.72. The highest BCUT2D eigenvalue weighted by molar-refractivity contribution is 7.48. The van der Waals surface area contributed by atoms with Crippen molar-refractivity contribution in [3.8, 4) is 0 Å². The summed E-state index contributed by atoms with van der Waals surface area (Å²) in [6.07, 6.45) is 0.673. The van der Waals surface area contributed by atoms with Crippen LogP contribution in [0.5, 0.6) is 0 Å². The molecule has 8 heteroatoms. The van der Waals surface area contributed by atoms with Crippen molar-refractivity contribution in [2.45, 2.75) is 39.2 Å². The first-order valence-electron chi connectivity index (χ1n) is 5.71. The molecule has 0 bridgehead atoms. The van der Waals surface area contributed by atoms with Crippen LogP contribution in [0.15, 0.2) is 11.8 Å². The van der Waals surface area contributed by atoms with E-state index in [1.165, 1.54) is 14.0 Å². The molecule has 2 unspecified atom stereocenters. The summed E-state index contributed by atoms with van der Waals surface area (Å²) in [5.41, 5.74) is 0. The molecule has 0 saturated heterocycles. The largest absolute Gasteiger partial charge is 0.530 e.